The van der Waals surface area contributed by atoms with Gasteiger partial charge in [0.2, 0.25) is 0 Å². The second-order valence-corrected chi connectivity index (χ2v) is 2.48. The number of carbonyl (C=O) groups is 1. The van der Waals surface area contributed by atoms with Crippen LogP contribution < -0.4 is 11.2 Å². The molecule has 0 aliphatic carbocycles. The highest BCUT2D eigenvalue weighted by Gasteiger charge is 2.00. The maximum absolute atomic E-state index is 11.1. The van der Waals surface area contributed by atoms with Crippen LogP contribution in [0.25, 0.3) is 0 Å². The standard InChI is InChI=1S/C9H11N3O/c1-11-9(13)8-4-2-7(3-5-8)6-12-10/h2-6H,10H2,1H3,(H,11,13)/b12-6+. The van der Waals surface area contributed by atoms with Crippen molar-refractivity contribution in [1.82, 2.24) is 5.32 Å². The van der Waals surface area contributed by atoms with Crippen LogP contribution in [0.1, 0.15) is 15.9 Å². The van der Waals surface area contributed by atoms with Gasteiger partial charge in [0.15, 0.2) is 0 Å². The maximum atomic E-state index is 11.1. The van der Waals surface area contributed by atoms with E-state index < -0.39 is 0 Å². The van der Waals surface area contributed by atoms with Gasteiger partial charge in [-0.25, -0.2) is 0 Å². The van der Waals surface area contributed by atoms with Gasteiger partial charge >= 0.3 is 0 Å². The van der Waals surface area contributed by atoms with Gasteiger partial charge < -0.3 is 11.2 Å². The van der Waals surface area contributed by atoms with Gasteiger partial charge in [0.05, 0.1) is 6.21 Å². The number of rotatable bonds is 2. The minimum atomic E-state index is -0.101. The Bertz CT molecular complexity index is 316. The van der Waals surface area contributed by atoms with Gasteiger partial charge in [0.1, 0.15) is 0 Å². The molecule has 0 atom stereocenters. The summed E-state index contributed by atoms with van der Waals surface area (Å²) >= 11 is 0. The van der Waals surface area contributed by atoms with Crippen LogP contribution in [0.5, 0.6) is 0 Å². The summed E-state index contributed by atoms with van der Waals surface area (Å²) < 4.78 is 0. The van der Waals surface area contributed by atoms with Crippen molar-refractivity contribution in [3.05, 3.63) is 35.4 Å². The Morgan fingerprint density at radius 1 is 1.46 bits per heavy atom. The van der Waals surface area contributed by atoms with Gasteiger partial charge in [-0.3, -0.25) is 4.79 Å². The van der Waals surface area contributed by atoms with E-state index in [0.29, 0.717) is 5.56 Å². The molecule has 13 heavy (non-hydrogen) atoms. The first-order chi connectivity index (χ1) is 6.27. The van der Waals surface area contributed by atoms with Crippen LogP contribution in [-0.2, 0) is 0 Å². The van der Waals surface area contributed by atoms with E-state index in [1.807, 2.05) is 0 Å². The highest BCUT2D eigenvalue weighted by Crippen LogP contribution is 2.01. The summed E-state index contributed by atoms with van der Waals surface area (Å²) in [7, 11) is 1.59. The van der Waals surface area contributed by atoms with Crippen molar-refractivity contribution in [1.29, 1.82) is 0 Å². The summed E-state index contributed by atoms with van der Waals surface area (Å²) in [5, 5.41) is 5.91. The molecule has 0 aliphatic rings. The smallest absolute Gasteiger partial charge is 0.251 e. The van der Waals surface area contributed by atoms with Crippen LogP contribution in [0, 0.1) is 0 Å². The third-order valence-corrected chi connectivity index (χ3v) is 1.62. The molecule has 0 aromatic heterocycles. The molecule has 0 fully saturated rings. The van der Waals surface area contributed by atoms with Crippen molar-refractivity contribution in [2.75, 3.05) is 7.05 Å². The Kier molecular flexibility index (Phi) is 3.03. The molecule has 1 aromatic rings. The number of nitrogens with zero attached hydrogens (tertiary/aromatic N) is 1. The Morgan fingerprint density at radius 3 is 2.54 bits per heavy atom. The number of nitrogens with one attached hydrogen (secondary N) is 1. The van der Waals surface area contributed by atoms with E-state index in [-0.39, 0.29) is 5.91 Å². The van der Waals surface area contributed by atoms with Crippen LogP contribution in [-0.4, -0.2) is 19.2 Å². The monoisotopic (exact) mass is 177 g/mol. The summed E-state index contributed by atoms with van der Waals surface area (Å²) in [4.78, 5) is 11.1. The van der Waals surface area contributed by atoms with Crippen molar-refractivity contribution in [3.8, 4) is 0 Å². The van der Waals surface area contributed by atoms with E-state index in [0.717, 1.165) is 5.56 Å². The number of hydrazone groups is 1. The van der Waals surface area contributed by atoms with Gasteiger partial charge in [-0.15, -0.1) is 0 Å². The van der Waals surface area contributed by atoms with Crippen LogP contribution in [0.3, 0.4) is 0 Å². The molecule has 0 heterocycles. The topological polar surface area (TPSA) is 67.5 Å². The van der Waals surface area contributed by atoms with E-state index in [4.69, 9.17) is 5.84 Å². The van der Waals surface area contributed by atoms with Gasteiger partial charge in [-0.05, 0) is 17.7 Å². The zero-order chi connectivity index (χ0) is 9.68. The lowest BCUT2D eigenvalue weighted by atomic mass is 10.1. The Morgan fingerprint density at radius 2 is 2.08 bits per heavy atom. The molecule has 1 amide bonds. The summed E-state index contributed by atoms with van der Waals surface area (Å²) in [5.41, 5.74) is 1.49. The minimum Gasteiger partial charge on any atom is -0.355 e. The summed E-state index contributed by atoms with van der Waals surface area (Å²) in [5.74, 6) is 4.87. The van der Waals surface area contributed by atoms with Crippen molar-refractivity contribution in [2.24, 2.45) is 10.9 Å². The Hall–Kier alpha value is -1.84. The zero-order valence-corrected chi connectivity index (χ0v) is 7.32. The van der Waals surface area contributed by atoms with Crippen LogP contribution in [0.15, 0.2) is 29.4 Å². The molecule has 0 saturated heterocycles. The number of hydrogen-bond donors (Lipinski definition) is 2. The lowest BCUT2D eigenvalue weighted by molar-refractivity contribution is 0.0963. The highest BCUT2D eigenvalue weighted by atomic mass is 16.1. The van der Waals surface area contributed by atoms with E-state index >= 15 is 0 Å². The summed E-state index contributed by atoms with van der Waals surface area (Å²) in [6, 6.07) is 6.99. The summed E-state index contributed by atoms with van der Waals surface area (Å²) in [6.45, 7) is 0. The molecule has 0 radical (unpaired) electrons. The molecule has 0 spiro atoms. The lowest BCUT2D eigenvalue weighted by Gasteiger charge is -1.98. The van der Waals surface area contributed by atoms with Gasteiger partial charge in [0, 0.05) is 12.6 Å². The quantitative estimate of drug-likeness (QED) is 0.388. The fourth-order valence-electron chi connectivity index (χ4n) is 0.951. The van der Waals surface area contributed by atoms with E-state index in [9.17, 15) is 4.79 Å². The van der Waals surface area contributed by atoms with Crippen LogP contribution in [0.2, 0.25) is 0 Å². The number of hydrogen-bond acceptors (Lipinski definition) is 3. The summed E-state index contributed by atoms with van der Waals surface area (Å²) in [6.07, 6.45) is 1.52. The largest absolute Gasteiger partial charge is 0.355 e. The normalized spacial score (nSPS) is 10.2. The van der Waals surface area contributed by atoms with Crippen molar-refractivity contribution in [3.63, 3.8) is 0 Å². The van der Waals surface area contributed by atoms with Gasteiger partial charge in [-0.2, -0.15) is 5.10 Å². The fraction of sp³-hybridized carbons (Fsp3) is 0.111. The number of carbonyl (C=O) groups excluding carboxylic acids is 1. The van der Waals surface area contributed by atoms with Crippen molar-refractivity contribution < 1.29 is 4.79 Å². The highest BCUT2D eigenvalue weighted by molar-refractivity contribution is 5.94. The molecule has 3 N–H and O–H groups in total. The average molecular weight is 177 g/mol. The fourth-order valence-corrected chi connectivity index (χ4v) is 0.951. The molecule has 0 unspecified atom stereocenters. The predicted molar refractivity (Wildman–Crippen MR) is 51.6 cm³/mol. The van der Waals surface area contributed by atoms with Crippen molar-refractivity contribution in [2.45, 2.75) is 0 Å². The molecule has 4 nitrogen and oxygen atoms in total. The first kappa shape index (κ1) is 9.25. The second-order valence-electron chi connectivity index (χ2n) is 2.48. The molecule has 68 valence electrons. The van der Waals surface area contributed by atoms with E-state index in [1.165, 1.54) is 6.21 Å². The predicted octanol–water partition coefficient (Wildman–Crippen LogP) is 0.339. The van der Waals surface area contributed by atoms with E-state index in [1.54, 1.807) is 31.3 Å². The SMILES string of the molecule is CNC(=O)c1ccc(/C=N/N)cc1. The van der Waals surface area contributed by atoms with Crippen LogP contribution >= 0.6 is 0 Å². The van der Waals surface area contributed by atoms with E-state index in [2.05, 4.69) is 10.4 Å². The third-order valence-electron chi connectivity index (χ3n) is 1.62. The minimum absolute atomic E-state index is 0.101. The lowest BCUT2D eigenvalue weighted by Crippen LogP contribution is -2.17. The second kappa shape index (κ2) is 4.25. The molecule has 0 saturated carbocycles. The van der Waals surface area contributed by atoms with Crippen LogP contribution in [0.4, 0.5) is 0 Å². The zero-order valence-electron chi connectivity index (χ0n) is 7.32. The van der Waals surface area contributed by atoms with Crippen molar-refractivity contribution >= 4 is 12.1 Å². The first-order valence-corrected chi connectivity index (χ1v) is 3.83. The molecule has 0 bridgehead atoms. The number of amides is 1. The molecule has 4 heteroatoms. The average Bonchev–Trinajstić information content (AvgIpc) is 2.18. The Balaban J connectivity index is 2.87. The molecule has 1 rings (SSSR count). The molecular formula is C9H11N3O. The van der Waals surface area contributed by atoms with Gasteiger partial charge in [0.25, 0.3) is 5.91 Å². The molecular weight excluding hydrogens is 166 g/mol. The first-order valence-electron chi connectivity index (χ1n) is 3.83. The molecule has 0 aliphatic heterocycles. The van der Waals surface area contributed by atoms with Gasteiger partial charge in [-0.1, -0.05) is 12.1 Å². The molecule has 1 aromatic carbocycles. The Labute approximate surface area is 76.4 Å². The maximum Gasteiger partial charge on any atom is 0.251 e. The number of nitrogens with two attached hydrogens (primary N) is 1. The third kappa shape index (κ3) is 2.30. The number of benzene rings is 1.